The zero-order valence-corrected chi connectivity index (χ0v) is 16.2. The van der Waals surface area contributed by atoms with Crippen molar-refractivity contribution in [2.24, 2.45) is 0 Å². The number of nitrogens with one attached hydrogen (secondary N) is 2. The predicted octanol–water partition coefficient (Wildman–Crippen LogP) is 6.43. The largest absolute Gasteiger partial charge is 0.323 e. The summed E-state index contributed by atoms with van der Waals surface area (Å²) in [6.45, 7) is 1.97. The molecule has 0 aliphatic carbocycles. The van der Waals surface area contributed by atoms with Crippen molar-refractivity contribution in [2.45, 2.75) is 6.92 Å². The summed E-state index contributed by atoms with van der Waals surface area (Å²) >= 11 is 1.67. The second-order valence-electron chi connectivity index (χ2n) is 6.40. The minimum atomic E-state index is -0.268. The molecule has 0 atom stereocenters. The number of carbonyl (C=O) groups is 1. The third kappa shape index (κ3) is 4.27. The number of urea groups is 1. The van der Waals surface area contributed by atoms with Crippen LogP contribution in [0.1, 0.15) is 5.69 Å². The number of aryl methyl sites for hydroxylation is 1. The number of carbonyl (C=O) groups excluding carboxylic acids is 1. The Kier molecular flexibility index (Phi) is 5.17. The fraction of sp³-hybridized carbons (Fsp3) is 0.0435. The molecule has 0 saturated heterocycles. The van der Waals surface area contributed by atoms with E-state index >= 15 is 0 Å². The van der Waals surface area contributed by atoms with Crippen LogP contribution in [0, 0.1) is 6.92 Å². The van der Waals surface area contributed by atoms with Gasteiger partial charge in [0, 0.05) is 28.1 Å². The van der Waals surface area contributed by atoms with Crippen LogP contribution < -0.4 is 10.6 Å². The SMILES string of the molecule is Cc1cc(-c2ccc(NC(=O)Nc3cccc(-c4cccs4)c3)cc2)ccn1. The standard InChI is InChI=1S/C23H19N3OS/c1-16-14-18(11-12-24-16)17-7-9-20(10-8-17)25-23(27)26-21-5-2-4-19(15-21)22-6-3-13-28-22/h2-15H,1H3,(H2,25,26,27). The van der Waals surface area contributed by atoms with Gasteiger partial charge in [0.15, 0.2) is 0 Å². The van der Waals surface area contributed by atoms with Crippen molar-refractivity contribution < 1.29 is 4.79 Å². The number of thiophene rings is 1. The molecule has 2 N–H and O–H groups in total. The maximum Gasteiger partial charge on any atom is 0.323 e. The molecule has 0 aliphatic heterocycles. The molecule has 0 spiro atoms. The van der Waals surface area contributed by atoms with E-state index in [0.717, 1.165) is 33.8 Å². The summed E-state index contributed by atoms with van der Waals surface area (Å²) in [6, 6.07) is 23.4. The van der Waals surface area contributed by atoms with Gasteiger partial charge in [0.1, 0.15) is 0 Å². The van der Waals surface area contributed by atoms with E-state index in [-0.39, 0.29) is 6.03 Å². The quantitative estimate of drug-likeness (QED) is 0.425. The molecule has 138 valence electrons. The molecule has 2 heterocycles. The zero-order valence-electron chi connectivity index (χ0n) is 15.3. The van der Waals surface area contributed by atoms with E-state index in [2.05, 4.69) is 21.7 Å². The maximum atomic E-state index is 12.4. The number of hydrogen-bond acceptors (Lipinski definition) is 3. The Bertz CT molecular complexity index is 1090. The Morgan fingerprint density at radius 3 is 2.39 bits per heavy atom. The van der Waals surface area contributed by atoms with Crippen LogP contribution in [-0.4, -0.2) is 11.0 Å². The van der Waals surface area contributed by atoms with E-state index in [9.17, 15) is 4.79 Å². The normalized spacial score (nSPS) is 10.5. The summed E-state index contributed by atoms with van der Waals surface area (Å²) in [6.07, 6.45) is 1.80. The van der Waals surface area contributed by atoms with Crippen LogP contribution >= 0.6 is 11.3 Å². The summed E-state index contributed by atoms with van der Waals surface area (Å²) < 4.78 is 0. The van der Waals surface area contributed by atoms with Crippen molar-refractivity contribution in [3.05, 3.63) is 90.1 Å². The monoisotopic (exact) mass is 385 g/mol. The first-order chi connectivity index (χ1) is 13.7. The summed E-state index contributed by atoms with van der Waals surface area (Å²) in [7, 11) is 0. The number of hydrogen-bond donors (Lipinski definition) is 2. The van der Waals surface area contributed by atoms with Gasteiger partial charge in [-0.15, -0.1) is 11.3 Å². The first-order valence-electron chi connectivity index (χ1n) is 8.92. The average molecular weight is 385 g/mol. The van der Waals surface area contributed by atoms with Crippen LogP contribution in [0.3, 0.4) is 0 Å². The highest BCUT2D eigenvalue weighted by Crippen LogP contribution is 2.27. The Morgan fingerprint density at radius 2 is 1.64 bits per heavy atom. The van der Waals surface area contributed by atoms with Crippen molar-refractivity contribution in [1.82, 2.24) is 4.98 Å². The highest BCUT2D eigenvalue weighted by atomic mass is 32.1. The summed E-state index contributed by atoms with van der Waals surface area (Å²) in [5.74, 6) is 0. The van der Waals surface area contributed by atoms with Crippen molar-refractivity contribution in [1.29, 1.82) is 0 Å². The molecule has 2 aromatic carbocycles. The minimum absolute atomic E-state index is 0.268. The number of anilines is 2. The lowest BCUT2D eigenvalue weighted by Crippen LogP contribution is -2.19. The molecule has 0 bridgehead atoms. The highest BCUT2D eigenvalue weighted by molar-refractivity contribution is 7.13. The molecular weight excluding hydrogens is 366 g/mol. The fourth-order valence-corrected chi connectivity index (χ4v) is 3.68. The van der Waals surface area contributed by atoms with Gasteiger partial charge in [-0.1, -0.05) is 30.3 Å². The molecule has 0 unspecified atom stereocenters. The van der Waals surface area contributed by atoms with E-state index in [4.69, 9.17) is 0 Å². The number of amides is 2. The molecule has 28 heavy (non-hydrogen) atoms. The van der Waals surface area contributed by atoms with Gasteiger partial charge in [-0.3, -0.25) is 4.98 Å². The summed E-state index contributed by atoms with van der Waals surface area (Å²) in [4.78, 5) is 17.7. The third-order valence-corrected chi connectivity index (χ3v) is 5.22. The van der Waals surface area contributed by atoms with Gasteiger partial charge in [-0.05, 0) is 71.5 Å². The Balaban J connectivity index is 1.42. The zero-order chi connectivity index (χ0) is 19.3. The van der Waals surface area contributed by atoms with E-state index < -0.39 is 0 Å². The molecule has 4 nitrogen and oxygen atoms in total. The van der Waals surface area contributed by atoms with Crippen LogP contribution in [0.2, 0.25) is 0 Å². The lowest BCUT2D eigenvalue weighted by molar-refractivity contribution is 0.262. The van der Waals surface area contributed by atoms with Gasteiger partial charge in [-0.25, -0.2) is 4.79 Å². The van der Waals surface area contributed by atoms with Gasteiger partial charge >= 0.3 is 6.03 Å². The molecule has 0 aliphatic rings. The topological polar surface area (TPSA) is 54.0 Å². The average Bonchev–Trinajstić information content (AvgIpc) is 3.24. The molecule has 0 saturated carbocycles. The Labute approximate surface area is 167 Å². The van der Waals surface area contributed by atoms with Crippen LogP contribution in [0.5, 0.6) is 0 Å². The first kappa shape index (κ1) is 17.9. The van der Waals surface area contributed by atoms with Crippen molar-refractivity contribution in [3.8, 4) is 21.6 Å². The molecular formula is C23H19N3OS. The van der Waals surface area contributed by atoms with Gasteiger partial charge in [0.25, 0.3) is 0 Å². The lowest BCUT2D eigenvalue weighted by Gasteiger charge is -2.10. The lowest BCUT2D eigenvalue weighted by atomic mass is 10.1. The smallest absolute Gasteiger partial charge is 0.308 e. The highest BCUT2D eigenvalue weighted by Gasteiger charge is 2.06. The van der Waals surface area contributed by atoms with E-state index in [1.807, 2.05) is 79.0 Å². The minimum Gasteiger partial charge on any atom is -0.308 e. The molecule has 4 rings (SSSR count). The number of pyridine rings is 1. The van der Waals surface area contributed by atoms with Crippen LogP contribution in [0.4, 0.5) is 16.2 Å². The first-order valence-corrected chi connectivity index (χ1v) is 9.80. The maximum absolute atomic E-state index is 12.4. The molecule has 2 amide bonds. The molecule has 4 aromatic rings. The third-order valence-electron chi connectivity index (χ3n) is 4.30. The van der Waals surface area contributed by atoms with E-state index in [1.54, 1.807) is 17.5 Å². The summed E-state index contributed by atoms with van der Waals surface area (Å²) in [5.41, 5.74) is 5.75. The number of rotatable bonds is 4. The Hall–Kier alpha value is -3.44. The number of aromatic nitrogens is 1. The summed E-state index contributed by atoms with van der Waals surface area (Å²) in [5, 5.41) is 7.81. The predicted molar refractivity (Wildman–Crippen MR) is 117 cm³/mol. The van der Waals surface area contributed by atoms with Crippen molar-refractivity contribution in [2.75, 3.05) is 10.6 Å². The van der Waals surface area contributed by atoms with E-state index in [1.165, 1.54) is 4.88 Å². The van der Waals surface area contributed by atoms with E-state index in [0.29, 0.717) is 0 Å². The molecule has 5 heteroatoms. The number of benzene rings is 2. The van der Waals surface area contributed by atoms with Gasteiger partial charge < -0.3 is 10.6 Å². The number of nitrogens with zero attached hydrogens (tertiary/aromatic N) is 1. The molecule has 2 aromatic heterocycles. The van der Waals surface area contributed by atoms with Gasteiger partial charge in [-0.2, -0.15) is 0 Å². The molecule has 0 radical (unpaired) electrons. The fourth-order valence-electron chi connectivity index (χ4n) is 2.96. The van der Waals surface area contributed by atoms with Crippen molar-refractivity contribution in [3.63, 3.8) is 0 Å². The molecule has 0 fully saturated rings. The van der Waals surface area contributed by atoms with Gasteiger partial charge in [0.2, 0.25) is 0 Å². The van der Waals surface area contributed by atoms with Crippen LogP contribution in [0.15, 0.2) is 84.4 Å². The van der Waals surface area contributed by atoms with Gasteiger partial charge in [0.05, 0.1) is 0 Å². The second-order valence-corrected chi connectivity index (χ2v) is 7.35. The second kappa shape index (κ2) is 8.06. The van der Waals surface area contributed by atoms with Crippen LogP contribution in [0.25, 0.3) is 21.6 Å². The Morgan fingerprint density at radius 1 is 0.821 bits per heavy atom. The van der Waals surface area contributed by atoms with Crippen molar-refractivity contribution >= 4 is 28.7 Å². The van der Waals surface area contributed by atoms with Crippen LogP contribution in [-0.2, 0) is 0 Å².